The molecule has 0 fully saturated rings. The SMILES string of the molecule is CNC(CCc1csc(C)n1)C(C)(C)C. The summed E-state index contributed by atoms with van der Waals surface area (Å²) in [6, 6.07) is 0.555. The summed E-state index contributed by atoms with van der Waals surface area (Å²) < 4.78 is 0. The number of rotatable bonds is 4. The van der Waals surface area contributed by atoms with Crippen LogP contribution in [0.3, 0.4) is 0 Å². The third-order valence-electron chi connectivity index (χ3n) is 2.75. The first-order valence-corrected chi connectivity index (χ1v) is 6.39. The summed E-state index contributed by atoms with van der Waals surface area (Å²) in [6.07, 6.45) is 2.23. The van der Waals surface area contributed by atoms with E-state index in [-0.39, 0.29) is 0 Å². The molecule has 1 rings (SSSR count). The minimum Gasteiger partial charge on any atom is -0.316 e. The molecule has 0 amide bonds. The van der Waals surface area contributed by atoms with Gasteiger partial charge in [0.2, 0.25) is 0 Å². The van der Waals surface area contributed by atoms with E-state index in [2.05, 4.69) is 43.4 Å². The predicted octanol–water partition coefficient (Wildman–Crippen LogP) is 3.02. The third kappa shape index (κ3) is 3.92. The zero-order valence-corrected chi connectivity index (χ0v) is 11.2. The molecule has 0 aliphatic rings. The van der Waals surface area contributed by atoms with Crippen LogP contribution in [0.4, 0.5) is 0 Å². The molecule has 2 nitrogen and oxygen atoms in total. The van der Waals surface area contributed by atoms with Gasteiger partial charge in [0.25, 0.3) is 0 Å². The van der Waals surface area contributed by atoms with Crippen molar-refractivity contribution >= 4 is 11.3 Å². The lowest BCUT2D eigenvalue weighted by molar-refractivity contribution is 0.267. The van der Waals surface area contributed by atoms with Crippen molar-refractivity contribution < 1.29 is 0 Å². The highest BCUT2D eigenvalue weighted by Gasteiger charge is 2.22. The van der Waals surface area contributed by atoms with Crippen LogP contribution in [-0.2, 0) is 6.42 Å². The van der Waals surface area contributed by atoms with Crippen molar-refractivity contribution in [2.24, 2.45) is 5.41 Å². The van der Waals surface area contributed by atoms with E-state index in [0.717, 1.165) is 12.8 Å². The molecule has 15 heavy (non-hydrogen) atoms. The first kappa shape index (κ1) is 12.7. The van der Waals surface area contributed by atoms with E-state index in [4.69, 9.17) is 0 Å². The maximum Gasteiger partial charge on any atom is 0.0897 e. The lowest BCUT2D eigenvalue weighted by Gasteiger charge is -2.30. The van der Waals surface area contributed by atoms with Gasteiger partial charge in [-0.25, -0.2) is 4.98 Å². The largest absolute Gasteiger partial charge is 0.316 e. The summed E-state index contributed by atoms with van der Waals surface area (Å²) in [5.74, 6) is 0. The molecule has 3 heteroatoms. The molecule has 0 aliphatic carbocycles. The van der Waals surface area contributed by atoms with Gasteiger partial charge >= 0.3 is 0 Å². The molecule has 1 atom stereocenters. The maximum atomic E-state index is 4.49. The number of hydrogen-bond donors (Lipinski definition) is 1. The van der Waals surface area contributed by atoms with Crippen molar-refractivity contribution in [2.75, 3.05) is 7.05 Å². The minimum absolute atomic E-state index is 0.319. The van der Waals surface area contributed by atoms with Gasteiger partial charge in [-0.3, -0.25) is 0 Å². The van der Waals surface area contributed by atoms with Gasteiger partial charge < -0.3 is 5.32 Å². The second-order valence-corrected chi connectivity index (χ2v) is 6.17. The fourth-order valence-electron chi connectivity index (χ4n) is 1.83. The van der Waals surface area contributed by atoms with Crippen molar-refractivity contribution in [3.05, 3.63) is 16.1 Å². The average Bonchev–Trinajstić information content (AvgIpc) is 2.50. The monoisotopic (exact) mass is 226 g/mol. The lowest BCUT2D eigenvalue weighted by Crippen LogP contribution is -2.38. The lowest BCUT2D eigenvalue weighted by atomic mass is 9.84. The highest BCUT2D eigenvalue weighted by Crippen LogP contribution is 2.23. The van der Waals surface area contributed by atoms with Crippen molar-refractivity contribution in [1.29, 1.82) is 0 Å². The molecule has 0 saturated heterocycles. The van der Waals surface area contributed by atoms with Gasteiger partial charge in [0.05, 0.1) is 10.7 Å². The van der Waals surface area contributed by atoms with E-state index in [1.54, 1.807) is 11.3 Å². The van der Waals surface area contributed by atoms with Gasteiger partial charge in [-0.1, -0.05) is 20.8 Å². The van der Waals surface area contributed by atoms with Crippen molar-refractivity contribution in [1.82, 2.24) is 10.3 Å². The third-order valence-corrected chi connectivity index (χ3v) is 3.57. The quantitative estimate of drug-likeness (QED) is 0.853. The molecule has 1 aromatic rings. The maximum absolute atomic E-state index is 4.49. The normalized spacial score (nSPS) is 14.2. The van der Waals surface area contributed by atoms with E-state index in [1.807, 2.05) is 7.05 Å². The van der Waals surface area contributed by atoms with Crippen LogP contribution in [0.2, 0.25) is 0 Å². The summed E-state index contributed by atoms with van der Waals surface area (Å²) in [7, 11) is 2.04. The molecule has 1 aromatic heterocycles. The Kier molecular flexibility index (Phi) is 4.29. The standard InChI is InChI=1S/C12H22N2S/c1-9-14-10(8-15-9)6-7-11(13-5)12(2,3)4/h8,11,13H,6-7H2,1-5H3. The molecule has 0 aromatic carbocycles. The molecular weight excluding hydrogens is 204 g/mol. The van der Waals surface area contributed by atoms with E-state index in [9.17, 15) is 0 Å². The fraction of sp³-hybridized carbons (Fsp3) is 0.750. The molecule has 0 radical (unpaired) electrons. The zero-order chi connectivity index (χ0) is 11.5. The van der Waals surface area contributed by atoms with Crippen LogP contribution in [0, 0.1) is 12.3 Å². The topological polar surface area (TPSA) is 24.9 Å². The smallest absolute Gasteiger partial charge is 0.0897 e. The van der Waals surface area contributed by atoms with Gasteiger partial charge in [0, 0.05) is 11.4 Å². The number of nitrogens with one attached hydrogen (secondary N) is 1. The van der Waals surface area contributed by atoms with Crippen LogP contribution >= 0.6 is 11.3 Å². The number of aromatic nitrogens is 1. The molecule has 86 valence electrons. The summed E-state index contributed by atoms with van der Waals surface area (Å²) in [5.41, 5.74) is 1.56. The highest BCUT2D eigenvalue weighted by molar-refractivity contribution is 7.09. The van der Waals surface area contributed by atoms with E-state index >= 15 is 0 Å². The van der Waals surface area contributed by atoms with Crippen molar-refractivity contribution in [3.63, 3.8) is 0 Å². The molecule has 0 aliphatic heterocycles. The highest BCUT2D eigenvalue weighted by atomic mass is 32.1. The average molecular weight is 226 g/mol. The summed E-state index contributed by atoms with van der Waals surface area (Å²) in [4.78, 5) is 4.49. The molecule has 0 bridgehead atoms. The van der Waals surface area contributed by atoms with Crippen LogP contribution in [0.15, 0.2) is 5.38 Å². The number of nitrogens with zero attached hydrogens (tertiary/aromatic N) is 1. The second-order valence-electron chi connectivity index (χ2n) is 5.10. The first-order valence-electron chi connectivity index (χ1n) is 5.51. The van der Waals surface area contributed by atoms with E-state index in [1.165, 1.54) is 10.7 Å². The van der Waals surface area contributed by atoms with Crippen molar-refractivity contribution in [3.8, 4) is 0 Å². The van der Waals surface area contributed by atoms with Gasteiger partial charge in [-0.05, 0) is 32.2 Å². The Labute approximate surface area is 97.1 Å². The first-order chi connectivity index (χ1) is 6.93. The van der Waals surface area contributed by atoms with Gasteiger partial charge in [-0.15, -0.1) is 11.3 Å². The van der Waals surface area contributed by atoms with Crippen LogP contribution < -0.4 is 5.32 Å². The van der Waals surface area contributed by atoms with Gasteiger partial charge in [-0.2, -0.15) is 0 Å². The molecule has 0 spiro atoms. The molecular formula is C12H22N2S. The Morgan fingerprint density at radius 3 is 2.53 bits per heavy atom. The molecule has 1 N–H and O–H groups in total. The Morgan fingerprint density at radius 1 is 1.47 bits per heavy atom. The fourth-order valence-corrected chi connectivity index (χ4v) is 2.47. The summed E-state index contributed by atoms with van der Waals surface area (Å²) in [6.45, 7) is 8.90. The summed E-state index contributed by atoms with van der Waals surface area (Å²) >= 11 is 1.74. The minimum atomic E-state index is 0.319. The summed E-state index contributed by atoms with van der Waals surface area (Å²) in [5, 5.41) is 6.73. The van der Waals surface area contributed by atoms with Crippen LogP contribution in [-0.4, -0.2) is 18.1 Å². The van der Waals surface area contributed by atoms with Gasteiger partial charge in [0.1, 0.15) is 0 Å². The van der Waals surface area contributed by atoms with Crippen LogP contribution in [0.5, 0.6) is 0 Å². The Morgan fingerprint density at radius 2 is 2.13 bits per heavy atom. The predicted molar refractivity (Wildman–Crippen MR) is 67.5 cm³/mol. The molecule has 0 saturated carbocycles. The van der Waals surface area contributed by atoms with Crippen LogP contribution in [0.25, 0.3) is 0 Å². The van der Waals surface area contributed by atoms with E-state index in [0.29, 0.717) is 11.5 Å². The van der Waals surface area contributed by atoms with E-state index < -0.39 is 0 Å². The number of hydrogen-bond acceptors (Lipinski definition) is 3. The Balaban J connectivity index is 2.48. The Bertz CT molecular complexity index is 299. The Hall–Kier alpha value is -0.410. The van der Waals surface area contributed by atoms with Crippen LogP contribution in [0.1, 0.15) is 37.9 Å². The second kappa shape index (κ2) is 5.08. The number of thiazole rings is 1. The van der Waals surface area contributed by atoms with Gasteiger partial charge in [0.15, 0.2) is 0 Å². The molecule has 1 unspecified atom stereocenters. The van der Waals surface area contributed by atoms with Crippen molar-refractivity contribution in [2.45, 2.75) is 46.6 Å². The zero-order valence-electron chi connectivity index (χ0n) is 10.4. The molecule has 1 heterocycles. The number of aryl methyl sites for hydroxylation is 2.